The predicted molar refractivity (Wildman–Crippen MR) is 124 cm³/mol. The third-order valence-corrected chi connectivity index (χ3v) is 6.21. The summed E-state index contributed by atoms with van der Waals surface area (Å²) in [5.74, 6) is 0.953. The van der Waals surface area contributed by atoms with Crippen molar-refractivity contribution in [2.75, 3.05) is 16.0 Å². The van der Waals surface area contributed by atoms with Gasteiger partial charge in [-0.25, -0.2) is 14.8 Å². The lowest BCUT2D eigenvalue weighted by molar-refractivity contribution is 0.0923. The fourth-order valence-electron chi connectivity index (χ4n) is 3.72. The molecule has 8 heteroatoms. The Balaban J connectivity index is 1.38. The summed E-state index contributed by atoms with van der Waals surface area (Å²) in [7, 11) is 0. The number of aromatic nitrogens is 2. The average Bonchev–Trinajstić information content (AvgIpc) is 3.46. The van der Waals surface area contributed by atoms with Crippen LogP contribution in [0, 0.1) is 12.8 Å². The van der Waals surface area contributed by atoms with Gasteiger partial charge in [-0.3, -0.25) is 10.1 Å². The van der Waals surface area contributed by atoms with E-state index in [1.807, 2.05) is 37.3 Å². The second-order valence-corrected chi connectivity index (χ2v) is 8.79. The van der Waals surface area contributed by atoms with Crippen molar-refractivity contribution in [3.8, 4) is 0 Å². The molecular formula is C23H25N5O2S. The molecule has 1 aliphatic rings. The van der Waals surface area contributed by atoms with Crippen LogP contribution in [0.15, 0.2) is 48.8 Å². The van der Waals surface area contributed by atoms with Crippen LogP contribution in [-0.2, 0) is 6.54 Å². The van der Waals surface area contributed by atoms with E-state index in [1.165, 1.54) is 11.3 Å². The molecule has 7 nitrogen and oxygen atoms in total. The van der Waals surface area contributed by atoms with Crippen molar-refractivity contribution in [2.24, 2.45) is 5.92 Å². The third kappa shape index (κ3) is 5.46. The molecular weight excluding hydrogens is 410 g/mol. The third-order valence-electron chi connectivity index (χ3n) is 5.30. The summed E-state index contributed by atoms with van der Waals surface area (Å²) in [5, 5.41) is 9.29. The summed E-state index contributed by atoms with van der Waals surface area (Å²) in [5.41, 5.74) is 2.12. The van der Waals surface area contributed by atoms with Crippen molar-refractivity contribution < 1.29 is 9.59 Å². The van der Waals surface area contributed by atoms with E-state index in [9.17, 15) is 9.59 Å². The predicted octanol–water partition coefficient (Wildman–Crippen LogP) is 5.48. The second kappa shape index (κ2) is 9.70. The Morgan fingerprint density at radius 2 is 1.94 bits per heavy atom. The lowest BCUT2D eigenvalue weighted by Crippen LogP contribution is -2.22. The SMILES string of the molecule is Cc1ccc(NC(=O)Nc2ncc(CNc3ccccn3)s2)c(C(=O)C2CCCC2)c1. The van der Waals surface area contributed by atoms with Crippen molar-refractivity contribution in [3.05, 3.63) is 64.8 Å². The van der Waals surface area contributed by atoms with Gasteiger partial charge < -0.3 is 10.6 Å². The zero-order chi connectivity index (χ0) is 21.6. The number of hydrogen-bond donors (Lipinski definition) is 3. The highest BCUT2D eigenvalue weighted by Crippen LogP contribution is 2.31. The molecule has 1 fully saturated rings. The first-order valence-corrected chi connectivity index (χ1v) is 11.2. The van der Waals surface area contributed by atoms with Gasteiger partial charge in [0.2, 0.25) is 0 Å². The van der Waals surface area contributed by atoms with Gasteiger partial charge in [-0.15, -0.1) is 0 Å². The number of Topliss-reactive ketones (excluding diaryl/α,β-unsaturated/α-hetero) is 1. The van der Waals surface area contributed by atoms with Gasteiger partial charge in [0, 0.05) is 28.8 Å². The van der Waals surface area contributed by atoms with Gasteiger partial charge in [-0.05, 0) is 44.0 Å². The summed E-state index contributed by atoms with van der Waals surface area (Å²) in [6, 6.07) is 10.8. The molecule has 1 aromatic carbocycles. The molecule has 0 atom stereocenters. The van der Waals surface area contributed by atoms with Crippen molar-refractivity contribution in [3.63, 3.8) is 0 Å². The molecule has 0 saturated heterocycles. The first-order chi connectivity index (χ1) is 15.1. The van der Waals surface area contributed by atoms with E-state index in [0.29, 0.717) is 22.9 Å². The summed E-state index contributed by atoms with van der Waals surface area (Å²) in [6.07, 6.45) is 7.47. The number of benzene rings is 1. The lowest BCUT2D eigenvalue weighted by Gasteiger charge is -2.14. The van der Waals surface area contributed by atoms with Crippen LogP contribution in [0.3, 0.4) is 0 Å². The van der Waals surface area contributed by atoms with E-state index in [-0.39, 0.29) is 11.7 Å². The number of pyridine rings is 1. The van der Waals surface area contributed by atoms with Crippen molar-refractivity contribution >= 4 is 39.8 Å². The molecule has 3 aromatic rings. The van der Waals surface area contributed by atoms with E-state index in [1.54, 1.807) is 18.5 Å². The van der Waals surface area contributed by atoms with E-state index >= 15 is 0 Å². The molecule has 1 aliphatic carbocycles. The summed E-state index contributed by atoms with van der Waals surface area (Å²) in [4.78, 5) is 35.0. The maximum atomic E-state index is 13.0. The molecule has 31 heavy (non-hydrogen) atoms. The number of carbonyl (C=O) groups excluding carboxylic acids is 2. The molecule has 4 rings (SSSR count). The Morgan fingerprint density at radius 3 is 2.71 bits per heavy atom. The van der Waals surface area contributed by atoms with Crippen molar-refractivity contribution in [1.29, 1.82) is 0 Å². The largest absolute Gasteiger partial charge is 0.365 e. The number of rotatable bonds is 7. The number of urea groups is 1. The quantitative estimate of drug-likeness (QED) is 0.427. The van der Waals surface area contributed by atoms with Crippen molar-refractivity contribution in [1.82, 2.24) is 9.97 Å². The minimum absolute atomic E-state index is 0.0542. The van der Waals surface area contributed by atoms with Gasteiger partial charge >= 0.3 is 6.03 Å². The number of aryl methyl sites for hydroxylation is 1. The van der Waals surface area contributed by atoms with Gasteiger partial charge in [-0.2, -0.15) is 0 Å². The molecule has 0 radical (unpaired) electrons. The lowest BCUT2D eigenvalue weighted by atomic mass is 9.94. The molecule has 1 saturated carbocycles. The number of amides is 2. The van der Waals surface area contributed by atoms with E-state index in [2.05, 4.69) is 25.9 Å². The van der Waals surface area contributed by atoms with E-state index in [4.69, 9.17) is 0 Å². The highest BCUT2D eigenvalue weighted by molar-refractivity contribution is 7.15. The zero-order valence-corrected chi connectivity index (χ0v) is 18.2. The standard InChI is InChI=1S/C23H25N5O2S/c1-15-9-10-19(18(12-15)21(29)16-6-2-3-7-16)27-22(30)28-23-26-14-17(31-23)13-25-20-8-4-5-11-24-20/h4-5,8-12,14,16H,2-3,6-7,13H2,1H3,(H,24,25)(H2,26,27,28,30). The summed E-state index contributed by atoms with van der Waals surface area (Å²) in [6.45, 7) is 2.52. The number of anilines is 3. The minimum atomic E-state index is -0.414. The van der Waals surface area contributed by atoms with Gasteiger partial charge in [0.25, 0.3) is 0 Å². The zero-order valence-electron chi connectivity index (χ0n) is 17.4. The van der Waals surface area contributed by atoms with E-state index < -0.39 is 6.03 Å². The van der Waals surface area contributed by atoms with Gasteiger partial charge in [0.05, 0.1) is 12.2 Å². The molecule has 0 unspecified atom stereocenters. The maximum Gasteiger partial charge on any atom is 0.325 e. The Bertz CT molecular complexity index is 1060. The number of nitrogens with one attached hydrogen (secondary N) is 3. The number of ketones is 1. The van der Waals surface area contributed by atoms with Crippen LogP contribution in [0.4, 0.5) is 21.4 Å². The Morgan fingerprint density at radius 1 is 1.10 bits per heavy atom. The molecule has 2 heterocycles. The second-order valence-electron chi connectivity index (χ2n) is 7.67. The number of nitrogens with zero attached hydrogens (tertiary/aromatic N) is 2. The molecule has 160 valence electrons. The van der Waals surface area contributed by atoms with E-state index in [0.717, 1.165) is 41.9 Å². The first-order valence-electron chi connectivity index (χ1n) is 10.4. The van der Waals surface area contributed by atoms with Crippen LogP contribution in [0.1, 0.15) is 46.5 Å². The van der Waals surface area contributed by atoms with Crippen LogP contribution in [0.2, 0.25) is 0 Å². The highest BCUT2D eigenvalue weighted by atomic mass is 32.1. The number of hydrogen-bond acceptors (Lipinski definition) is 6. The van der Waals surface area contributed by atoms with Crippen LogP contribution in [0.5, 0.6) is 0 Å². The molecule has 2 amide bonds. The van der Waals surface area contributed by atoms with Crippen LogP contribution < -0.4 is 16.0 Å². The number of thiazole rings is 1. The smallest absolute Gasteiger partial charge is 0.325 e. The Hall–Kier alpha value is -3.26. The Kier molecular flexibility index (Phi) is 6.57. The summed E-state index contributed by atoms with van der Waals surface area (Å²) >= 11 is 1.38. The van der Waals surface area contributed by atoms with Gasteiger partial charge in [-0.1, -0.05) is 41.9 Å². The fourth-order valence-corrected chi connectivity index (χ4v) is 4.47. The highest BCUT2D eigenvalue weighted by Gasteiger charge is 2.26. The molecule has 2 aromatic heterocycles. The van der Waals surface area contributed by atoms with Crippen LogP contribution in [0.25, 0.3) is 0 Å². The fraction of sp³-hybridized carbons (Fsp3) is 0.304. The molecule has 3 N–H and O–H groups in total. The molecule has 0 aliphatic heterocycles. The Labute approximate surface area is 185 Å². The first kappa shape index (κ1) is 21.0. The summed E-state index contributed by atoms with van der Waals surface area (Å²) < 4.78 is 0. The average molecular weight is 436 g/mol. The van der Waals surface area contributed by atoms with Crippen LogP contribution >= 0.6 is 11.3 Å². The topological polar surface area (TPSA) is 96.0 Å². The van der Waals surface area contributed by atoms with Gasteiger partial charge in [0.1, 0.15) is 5.82 Å². The van der Waals surface area contributed by atoms with Crippen molar-refractivity contribution in [2.45, 2.75) is 39.2 Å². The minimum Gasteiger partial charge on any atom is -0.365 e. The monoisotopic (exact) mass is 435 g/mol. The maximum absolute atomic E-state index is 13.0. The van der Waals surface area contributed by atoms with Crippen LogP contribution in [-0.4, -0.2) is 21.8 Å². The number of carbonyl (C=O) groups is 2. The molecule has 0 spiro atoms. The normalized spacial score (nSPS) is 13.7. The van der Waals surface area contributed by atoms with Gasteiger partial charge in [0.15, 0.2) is 10.9 Å². The molecule has 0 bridgehead atoms.